The molecule has 0 saturated heterocycles. The van der Waals surface area contributed by atoms with Gasteiger partial charge in [0, 0.05) is 12.6 Å². The Morgan fingerprint density at radius 1 is 1.04 bits per heavy atom. The van der Waals surface area contributed by atoms with Crippen LogP contribution < -0.4 is 4.31 Å². The Hall–Kier alpha value is -2.34. The number of hydrogen-bond donors (Lipinski definition) is 0. The van der Waals surface area contributed by atoms with Crippen molar-refractivity contribution in [1.82, 2.24) is 4.90 Å². The number of aryl methyl sites for hydroxylation is 2. The van der Waals surface area contributed by atoms with Crippen molar-refractivity contribution in [1.29, 1.82) is 0 Å². The molecule has 0 aliphatic carbocycles. The van der Waals surface area contributed by atoms with Crippen molar-refractivity contribution in [2.24, 2.45) is 0 Å². The highest BCUT2D eigenvalue weighted by molar-refractivity contribution is 7.92. The smallest absolute Gasteiger partial charge is 0.243 e. The van der Waals surface area contributed by atoms with Gasteiger partial charge in [0.1, 0.15) is 6.54 Å². The molecule has 2 aromatic rings. The predicted octanol–water partition coefficient (Wildman–Crippen LogP) is 3.51. The fraction of sp³-hybridized carbons (Fsp3) is 0.381. The zero-order chi connectivity index (χ0) is 20.2. The van der Waals surface area contributed by atoms with Crippen molar-refractivity contribution >= 4 is 21.6 Å². The summed E-state index contributed by atoms with van der Waals surface area (Å²) >= 11 is 0. The zero-order valence-electron chi connectivity index (χ0n) is 16.6. The Balaban J connectivity index is 2.32. The van der Waals surface area contributed by atoms with Gasteiger partial charge in [-0.25, -0.2) is 8.42 Å². The van der Waals surface area contributed by atoms with Gasteiger partial charge in [0.05, 0.1) is 11.9 Å². The summed E-state index contributed by atoms with van der Waals surface area (Å²) in [7, 11) is -3.60. The Morgan fingerprint density at radius 3 is 2.22 bits per heavy atom. The van der Waals surface area contributed by atoms with E-state index in [9.17, 15) is 13.2 Å². The lowest BCUT2D eigenvalue weighted by atomic mass is 10.1. The number of nitrogens with zero attached hydrogens (tertiary/aromatic N) is 2. The maximum Gasteiger partial charge on any atom is 0.243 e. The molecule has 5 nitrogen and oxygen atoms in total. The molecule has 0 bridgehead atoms. The van der Waals surface area contributed by atoms with Crippen LogP contribution in [-0.2, 0) is 21.4 Å². The summed E-state index contributed by atoms with van der Waals surface area (Å²) in [5.41, 5.74) is 3.33. The summed E-state index contributed by atoms with van der Waals surface area (Å²) in [6, 6.07) is 15.3. The summed E-state index contributed by atoms with van der Waals surface area (Å²) < 4.78 is 26.1. The number of carbonyl (C=O) groups is 1. The van der Waals surface area contributed by atoms with Crippen LogP contribution in [0.4, 0.5) is 5.69 Å². The largest absolute Gasteiger partial charge is 0.334 e. The first kappa shape index (κ1) is 21.0. The fourth-order valence-corrected chi connectivity index (χ4v) is 3.82. The highest BCUT2D eigenvalue weighted by atomic mass is 32.2. The molecule has 27 heavy (non-hydrogen) atoms. The van der Waals surface area contributed by atoms with Crippen LogP contribution in [0.3, 0.4) is 0 Å². The molecule has 0 spiro atoms. The Labute approximate surface area is 162 Å². The SMILES string of the molecule is Cc1ccc(C)c(N(CC(=O)N(Cc2ccccc2)C(C)C)S(C)(=O)=O)c1. The highest BCUT2D eigenvalue weighted by Gasteiger charge is 2.26. The molecule has 0 aliphatic heterocycles. The Kier molecular flexibility index (Phi) is 6.65. The minimum atomic E-state index is -3.60. The van der Waals surface area contributed by atoms with Gasteiger partial charge < -0.3 is 4.90 Å². The van der Waals surface area contributed by atoms with Gasteiger partial charge >= 0.3 is 0 Å². The van der Waals surface area contributed by atoms with E-state index in [0.29, 0.717) is 12.2 Å². The molecule has 6 heteroatoms. The number of amides is 1. The molecule has 0 saturated carbocycles. The molecule has 0 atom stereocenters. The third kappa shape index (κ3) is 5.57. The molecule has 0 aromatic heterocycles. The quantitative estimate of drug-likeness (QED) is 0.729. The number of rotatable bonds is 7. The second-order valence-corrected chi connectivity index (χ2v) is 9.07. The number of carbonyl (C=O) groups excluding carboxylic acids is 1. The molecular weight excluding hydrogens is 360 g/mol. The van der Waals surface area contributed by atoms with Gasteiger partial charge in [-0.15, -0.1) is 0 Å². The standard InChI is InChI=1S/C21H28N2O3S/c1-16(2)22(14-19-9-7-6-8-10-19)21(24)15-23(27(5,25)26)20-13-17(3)11-12-18(20)4/h6-13,16H,14-15H2,1-5H3. The van der Waals surface area contributed by atoms with Gasteiger partial charge in [-0.1, -0.05) is 42.5 Å². The van der Waals surface area contributed by atoms with Crippen LogP contribution >= 0.6 is 0 Å². The van der Waals surface area contributed by atoms with Crippen LogP contribution in [0, 0.1) is 13.8 Å². The minimum Gasteiger partial charge on any atom is -0.334 e. The van der Waals surface area contributed by atoms with Gasteiger partial charge in [-0.2, -0.15) is 0 Å². The summed E-state index contributed by atoms with van der Waals surface area (Å²) in [4.78, 5) is 14.7. The van der Waals surface area contributed by atoms with Crippen molar-refractivity contribution in [3.05, 3.63) is 65.2 Å². The van der Waals surface area contributed by atoms with E-state index in [1.54, 1.807) is 11.0 Å². The topological polar surface area (TPSA) is 57.7 Å². The highest BCUT2D eigenvalue weighted by Crippen LogP contribution is 2.24. The summed E-state index contributed by atoms with van der Waals surface area (Å²) in [6.07, 6.45) is 1.14. The third-order valence-electron chi connectivity index (χ3n) is 4.45. The maximum absolute atomic E-state index is 13.0. The fourth-order valence-electron chi connectivity index (χ4n) is 2.92. The van der Waals surface area contributed by atoms with Gasteiger partial charge in [-0.3, -0.25) is 9.10 Å². The van der Waals surface area contributed by atoms with Gasteiger partial charge in [0.25, 0.3) is 0 Å². The molecule has 146 valence electrons. The van der Waals surface area contributed by atoms with Crippen LogP contribution in [0.15, 0.2) is 48.5 Å². The van der Waals surface area contributed by atoms with E-state index in [1.165, 1.54) is 4.31 Å². The third-order valence-corrected chi connectivity index (χ3v) is 5.58. The van der Waals surface area contributed by atoms with E-state index in [4.69, 9.17) is 0 Å². The van der Waals surface area contributed by atoms with Crippen LogP contribution in [0.5, 0.6) is 0 Å². The molecule has 0 aliphatic rings. The molecule has 2 aromatic carbocycles. The van der Waals surface area contributed by atoms with E-state index in [2.05, 4.69) is 0 Å². The Bertz CT molecular complexity index is 893. The van der Waals surface area contributed by atoms with Crippen molar-refractivity contribution in [2.75, 3.05) is 17.1 Å². The number of sulfonamides is 1. The van der Waals surface area contributed by atoms with E-state index < -0.39 is 10.0 Å². The van der Waals surface area contributed by atoms with Crippen LogP contribution in [0.2, 0.25) is 0 Å². The summed E-state index contributed by atoms with van der Waals surface area (Å²) in [5.74, 6) is -0.222. The van der Waals surface area contributed by atoms with Gasteiger partial charge in [-0.05, 0) is 50.5 Å². The molecule has 0 radical (unpaired) electrons. The van der Waals surface area contributed by atoms with E-state index in [-0.39, 0.29) is 18.5 Å². The normalized spacial score (nSPS) is 11.5. The van der Waals surface area contributed by atoms with Crippen LogP contribution in [0.1, 0.15) is 30.5 Å². The number of hydrogen-bond acceptors (Lipinski definition) is 3. The lowest BCUT2D eigenvalue weighted by Gasteiger charge is -2.31. The van der Waals surface area contributed by atoms with Crippen molar-refractivity contribution in [3.8, 4) is 0 Å². The van der Waals surface area contributed by atoms with Crippen LogP contribution in [-0.4, -0.2) is 38.1 Å². The average molecular weight is 389 g/mol. The second-order valence-electron chi connectivity index (χ2n) is 7.16. The van der Waals surface area contributed by atoms with Crippen molar-refractivity contribution in [2.45, 2.75) is 40.3 Å². The summed E-state index contributed by atoms with van der Waals surface area (Å²) in [5, 5.41) is 0. The van der Waals surface area contributed by atoms with E-state index >= 15 is 0 Å². The molecule has 0 unspecified atom stereocenters. The number of anilines is 1. The van der Waals surface area contributed by atoms with Crippen LogP contribution in [0.25, 0.3) is 0 Å². The monoisotopic (exact) mass is 388 g/mol. The number of benzene rings is 2. The first-order chi connectivity index (χ1) is 12.6. The van der Waals surface area contributed by atoms with Gasteiger partial charge in [0.2, 0.25) is 15.9 Å². The summed E-state index contributed by atoms with van der Waals surface area (Å²) in [6.45, 7) is 7.85. The lowest BCUT2D eigenvalue weighted by Crippen LogP contribution is -2.45. The van der Waals surface area contributed by atoms with Crippen molar-refractivity contribution < 1.29 is 13.2 Å². The zero-order valence-corrected chi connectivity index (χ0v) is 17.5. The maximum atomic E-state index is 13.0. The molecule has 2 rings (SSSR count). The Morgan fingerprint density at radius 2 is 1.67 bits per heavy atom. The molecule has 0 heterocycles. The van der Waals surface area contributed by atoms with Gasteiger partial charge in [0.15, 0.2) is 0 Å². The first-order valence-electron chi connectivity index (χ1n) is 8.98. The molecule has 1 amide bonds. The molecule has 0 fully saturated rings. The predicted molar refractivity (Wildman–Crippen MR) is 110 cm³/mol. The minimum absolute atomic E-state index is 0.0438. The molecule has 0 N–H and O–H groups in total. The first-order valence-corrected chi connectivity index (χ1v) is 10.8. The van der Waals surface area contributed by atoms with E-state index in [0.717, 1.165) is 22.9 Å². The lowest BCUT2D eigenvalue weighted by molar-refractivity contribution is -0.131. The van der Waals surface area contributed by atoms with E-state index in [1.807, 2.05) is 70.2 Å². The average Bonchev–Trinajstić information content (AvgIpc) is 2.59. The molecular formula is C21H28N2O3S. The second kappa shape index (κ2) is 8.57. The van der Waals surface area contributed by atoms with Crippen molar-refractivity contribution in [3.63, 3.8) is 0 Å².